The van der Waals surface area contributed by atoms with Crippen molar-refractivity contribution in [3.05, 3.63) is 69.7 Å². The van der Waals surface area contributed by atoms with Crippen LogP contribution in [0.1, 0.15) is 33.9 Å². The molecule has 1 atom stereocenters. The molecule has 1 N–H and O–H groups in total. The maximum absolute atomic E-state index is 12.6. The molecule has 0 aliphatic carbocycles. The Bertz CT molecular complexity index is 744. The van der Waals surface area contributed by atoms with Crippen molar-refractivity contribution in [2.24, 2.45) is 0 Å². The molecule has 5 heteroatoms. The van der Waals surface area contributed by atoms with Gasteiger partial charge in [0.2, 0.25) is 0 Å². The number of carbonyl (C=O) groups excluding carboxylic acids is 1. The maximum Gasteiger partial charge on any atom is 0.305 e. The lowest BCUT2D eigenvalue weighted by atomic mass is 10.0. The van der Waals surface area contributed by atoms with E-state index in [-0.39, 0.29) is 12.3 Å². The molecule has 22 heavy (non-hydrogen) atoms. The van der Waals surface area contributed by atoms with Gasteiger partial charge in [-0.15, -0.1) is 0 Å². The third kappa shape index (κ3) is 2.64. The van der Waals surface area contributed by atoms with E-state index in [1.165, 1.54) is 0 Å². The first-order chi connectivity index (χ1) is 10.6. The van der Waals surface area contributed by atoms with E-state index >= 15 is 0 Å². The van der Waals surface area contributed by atoms with Gasteiger partial charge in [-0.1, -0.05) is 52.3 Å². The highest BCUT2D eigenvalue weighted by molar-refractivity contribution is 9.10. The molecule has 0 radical (unpaired) electrons. The molecule has 2 aromatic rings. The van der Waals surface area contributed by atoms with Gasteiger partial charge in [0.25, 0.3) is 5.91 Å². The van der Waals surface area contributed by atoms with E-state index in [1.54, 1.807) is 11.0 Å². The predicted molar refractivity (Wildman–Crippen MR) is 85.5 cm³/mol. The zero-order valence-electron chi connectivity index (χ0n) is 11.7. The number of carbonyl (C=O) groups is 2. The Morgan fingerprint density at radius 2 is 1.86 bits per heavy atom. The molecule has 4 nitrogen and oxygen atoms in total. The summed E-state index contributed by atoms with van der Waals surface area (Å²) in [4.78, 5) is 25.5. The average molecular weight is 360 g/mol. The number of hydrogen-bond donors (Lipinski definition) is 1. The summed E-state index contributed by atoms with van der Waals surface area (Å²) in [6, 6.07) is 14.3. The minimum absolute atomic E-state index is 0.113. The van der Waals surface area contributed by atoms with Crippen molar-refractivity contribution in [1.29, 1.82) is 0 Å². The number of carboxylic acids is 1. The van der Waals surface area contributed by atoms with Crippen LogP contribution in [0.15, 0.2) is 53.0 Å². The van der Waals surface area contributed by atoms with Gasteiger partial charge in [0.1, 0.15) is 0 Å². The highest BCUT2D eigenvalue weighted by atomic mass is 79.9. The van der Waals surface area contributed by atoms with Crippen molar-refractivity contribution < 1.29 is 14.7 Å². The summed E-state index contributed by atoms with van der Waals surface area (Å²) in [5, 5.41) is 9.25. The summed E-state index contributed by atoms with van der Waals surface area (Å²) in [6.07, 6.45) is -0.123. The molecule has 1 unspecified atom stereocenters. The van der Waals surface area contributed by atoms with E-state index in [0.29, 0.717) is 12.1 Å². The van der Waals surface area contributed by atoms with Crippen LogP contribution in [-0.2, 0) is 11.3 Å². The van der Waals surface area contributed by atoms with Crippen LogP contribution in [0, 0.1) is 0 Å². The van der Waals surface area contributed by atoms with Crippen molar-refractivity contribution in [2.45, 2.75) is 19.0 Å². The largest absolute Gasteiger partial charge is 0.481 e. The van der Waals surface area contributed by atoms with Crippen molar-refractivity contribution in [3.63, 3.8) is 0 Å². The Kier molecular flexibility index (Phi) is 3.98. The number of benzene rings is 2. The lowest BCUT2D eigenvalue weighted by Crippen LogP contribution is -2.31. The summed E-state index contributed by atoms with van der Waals surface area (Å²) in [6.45, 7) is 0.439. The van der Waals surface area contributed by atoms with E-state index in [2.05, 4.69) is 15.9 Å². The molecule has 1 aliphatic heterocycles. The first-order valence-electron chi connectivity index (χ1n) is 6.93. The fraction of sp³-hybridized carbons (Fsp3) is 0.176. The van der Waals surface area contributed by atoms with Gasteiger partial charge in [0.05, 0.1) is 12.5 Å². The zero-order valence-corrected chi connectivity index (χ0v) is 13.3. The predicted octanol–water partition coefficient (Wildman–Crippen LogP) is 3.62. The molecule has 0 saturated heterocycles. The van der Waals surface area contributed by atoms with Crippen LogP contribution in [0.3, 0.4) is 0 Å². The number of hydrogen-bond acceptors (Lipinski definition) is 2. The fourth-order valence-corrected chi connectivity index (χ4v) is 3.38. The Morgan fingerprint density at radius 3 is 2.55 bits per heavy atom. The Balaban J connectivity index is 2.00. The van der Waals surface area contributed by atoms with Crippen LogP contribution >= 0.6 is 15.9 Å². The third-order valence-electron chi connectivity index (χ3n) is 3.86. The van der Waals surface area contributed by atoms with Gasteiger partial charge in [-0.25, -0.2) is 0 Å². The van der Waals surface area contributed by atoms with Crippen LogP contribution in [0.5, 0.6) is 0 Å². The topological polar surface area (TPSA) is 57.6 Å². The van der Waals surface area contributed by atoms with Gasteiger partial charge in [-0.2, -0.15) is 0 Å². The second-order valence-corrected chi connectivity index (χ2v) is 6.08. The zero-order chi connectivity index (χ0) is 15.7. The summed E-state index contributed by atoms with van der Waals surface area (Å²) in [7, 11) is 0. The van der Waals surface area contributed by atoms with Gasteiger partial charge in [0, 0.05) is 16.6 Å². The number of rotatable bonds is 4. The van der Waals surface area contributed by atoms with Gasteiger partial charge in [-0.3, -0.25) is 9.59 Å². The number of carboxylic acid groups (broad SMARTS) is 1. The SMILES string of the molecule is O=C(O)CC(c1ccccc1Br)N1Cc2ccccc2C1=O. The first-order valence-corrected chi connectivity index (χ1v) is 7.72. The third-order valence-corrected chi connectivity index (χ3v) is 4.58. The molecule has 0 aromatic heterocycles. The number of fused-ring (bicyclic) bond motifs is 1. The van der Waals surface area contributed by atoms with Gasteiger partial charge in [0.15, 0.2) is 0 Å². The Hall–Kier alpha value is -2.14. The number of amides is 1. The van der Waals surface area contributed by atoms with Gasteiger partial charge in [-0.05, 0) is 23.3 Å². The summed E-state index contributed by atoms with van der Waals surface area (Å²) in [5.41, 5.74) is 2.41. The van der Waals surface area contributed by atoms with Crippen molar-refractivity contribution in [2.75, 3.05) is 0 Å². The average Bonchev–Trinajstić information content (AvgIpc) is 2.83. The Morgan fingerprint density at radius 1 is 1.18 bits per heavy atom. The standard InChI is InChI=1S/C17H14BrNO3/c18-14-8-4-3-7-13(14)15(9-16(20)21)19-10-11-5-1-2-6-12(11)17(19)22/h1-8,15H,9-10H2,(H,20,21). The molecule has 1 heterocycles. The van der Waals surface area contributed by atoms with Crippen LogP contribution in [0.4, 0.5) is 0 Å². The molecular weight excluding hydrogens is 346 g/mol. The lowest BCUT2D eigenvalue weighted by molar-refractivity contribution is -0.138. The van der Waals surface area contributed by atoms with Crippen LogP contribution in [0.25, 0.3) is 0 Å². The van der Waals surface area contributed by atoms with Gasteiger partial charge >= 0.3 is 5.97 Å². The second-order valence-electron chi connectivity index (χ2n) is 5.23. The van der Waals surface area contributed by atoms with Crippen LogP contribution < -0.4 is 0 Å². The maximum atomic E-state index is 12.6. The lowest BCUT2D eigenvalue weighted by Gasteiger charge is -2.27. The first kappa shape index (κ1) is 14.8. The summed E-state index contributed by atoms with van der Waals surface area (Å²) in [5.74, 6) is -1.04. The van der Waals surface area contributed by atoms with Gasteiger partial charge < -0.3 is 10.0 Å². The van der Waals surface area contributed by atoms with E-state index in [1.807, 2.05) is 42.5 Å². The summed E-state index contributed by atoms with van der Waals surface area (Å²) < 4.78 is 0.810. The van der Waals surface area contributed by atoms with E-state index < -0.39 is 12.0 Å². The molecule has 1 amide bonds. The molecule has 112 valence electrons. The van der Waals surface area contributed by atoms with E-state index in [0.717, 1.165) is 15.6 Å². The second kappa shape index (κ2) is 5.93. The highest BCUT2D eigenvalue weighted by Crippen LogP contribution is 2.36. The van der Waals surface area contributed by atoms with Crippen molar-refractivity contribution >= 4 is 27.8 Å². The molecule has 2 aromatic carbocycles. The minimum atomic E-state index is -0.926. The fourth-order valence-electron chi connectivity index (χ4n) is 2.83. The Labute approximate surface area is 136 Å². The molecule has 0 spiro atoms. The quantitative estimate of drug-likeness (QED) is 0.906. The molecular formula is C17H14BrNO3. The molecule has 0 fully saturated rings. The summed E-state index contributed by atoms with van der Waals surface area (Å²) >= 11 is 3.46. The molecule has 3 rings (SSSR count). The minimum Gasteiger partial charge on any atom is -0.481 e. The van der Waals surface area contributed by atoms with E-state index in [4.69, 9.17) is 0 Å². The molecule has 0 bridgehead atoms. The highest BCUT2D eigenvalue weighted by Gasteiger charge is 2.35. The smallest absolute Gasteiger partial charge is 0.305 e. The van der Waals surface area contributed by atoms with Crippen molar-refractivity contribution in [1.82, 2.24) is 4.90 Å². The molecule has 0 saturated carbocycles. The van der Waals surface area contributed by atoms with Crippen molar-refractivity contribution in [3.8, 4) is 0 Å². The van der Waals surface area contributed by atoms with Crippen LogP contribution in [-0.4, -0.2) is 21.9 Å². The number of halogens is 1. The number of nitrogens with zero attached hydrogens (tertiary/aromatic N) is 1. The molecule has 1 aliphatic rings. The van der Waals surface area contributed by atoms with E-state index in [9.17, 15) is 14.7 Å². The number of aliphatic carboxylic acids is 1. The monoisotopic (exact) mass is 359 g/mol. The normalized spacial score (nSPS) is 14.8. The van der Waals surface area contributed by atoms with Crippen LogP contribution in [0.2, 0.25) is 0 Å².